The number of hydrogen-bond donors (Lipinski definition) is 2. The Labute approximate surface area is 213 Å². The number of amides is 3. The zero-order valence-corrected chi connectivity index (χ0v) is 21.1. The fraction of sp³-hybridized carbons (Fsp3) is 0.222. The first kappa shape index (κ1) is 25.0. The molecule has 0 saturated carbocycles. The molecule has 1 saturated heterocycles. The SMILES string of the molecule is COc1ccc(C(=O)N/C(=C\c2cccs2)C(=O)Nc2ccc(N3CCCC3=O)c(C)c2)cc1OC. The average Bonchev–Trinajstić information content (AvgIpc) is 3.55. The summed E-state index contributed by atoms with van der Waals surface area (Å²) >= 11 is 1.45. The molecule has 3 amide bonds. The molecule has 3 aromatic rings. The molecule has 1 aliphatic heterocycles. The highest BCUT2D eigenvalue weighted by Gasteiger charge is 2.23. The van der Waals surface area contributed by atoms with Crippen LogP contribution in [0.4, 0.5) is 11.4 Å². The van der Waals surface area contributed by atoms with E-state index in [1.54, 1.807) is 35.2 Å². The predicted molar refractivity (Wildman–Crippen MR) is 141 cm³/mol. The first-order valence-corrected chi connectivity index (χ1v) is 12.3. The number of ether oxygens (including phenoxy) is 2. The van der Waals surface area contributed by atoms with Gasteiger partial charge in [-0.15, -0.1) is 11.3 Å². The van der Waals surface area contributed by atoms with Gasteiger partial charge >= 0.3 is 0 Å². The number of benzene rings is 2. The lowest BCUT2D eigenvalue weighted by molar-refractivity contribution is -0.117. The van der Waals surface area contributed by atoms with Crippen molar-refractivity contribution in [2.75, 3.05) is 31.0 Å². The van der Waals surface area contributed by atoms with Gasteiger partial charge in [-0.3, -0.25) is 14.4 Å². The number of carbonyl (C=O) groups is 3. The van der Waals surface area contributed by atoms with E-state index >= 15 is 0 Å². The van der Waals surface area contributed by atoms with Crippen LogP contribution in [0.5, 0.6) is 11.5 Å². The number of hydrogen-bond acceptors (Lipinski definition) is 6. The molecule has 0 aliphatic carbocycles. The van der Waals surface area contributed by atoms with Crippen LogP contribution in [0.3, 0.4) is 0 Å². The number of nitrogens with zero attached hydrogens (tertiary/aromatic N) is 1. The Bertz CT molecular complexity index is 1320. The Morgan fingerprint density at radius 2 is 1.86 bits per heavy atom. The normalized spacial score (nSPS) is 13.5. The van der Waals surface area contributed by atoms with E-state index in [9.17, 15) is 14.4 Å². The van der Waals surface area contributed by atoms with Crippen molar-refractivity contribution in [3.8, 4) is 11.5 Å². The largest absolute Gasteiger partial charge is 0.493 e. The molecule has 0 unspecified atom stereocenters. The zero-order chi connectivity index (χ0) is 25.7. The maximum Gasteiger partial charge on any atom is 0.272 e. The molecule has 0 spiro atoms. The van der Waals surface area contributed by atoms with Gasteiger partial charge in [0.25, 0.3) is 11.8 Å². The summed E-state index contributed by atoms with van der Waals surface area (Å²) in [5, 5.41) is 7.47. The van der Waals surface area contributed by atoms with Crippen LogP contribution in [0, 0.1) is 6.92 Å². The van der Waals surface area contributed by atoms with Crippen molar-refractivity contribution in [3.05, 3.63) is 75.6 Å². The summed E-state index contributed by atoms with van der Waals surface area (Å²) in [6.45, 7) is 2.60. The van der Waals surface area contributed by atoms with Gasteiger partial charge in [-0.25, -0.2) is 0 Å². The number of methoxy groups -OCH3 is 2. The molecule has 2 aromatic carbocycles. The van der Waals surface area contributed by atoms with Crippen molar-refractivity contribution in [1.29, 1.82) is 0 Å². The lowest BCUT2D eigenvalue weighted by atomic mass is 10.1. The third-order valence-electron chi connectivity index (χ3n) is 5.79. The second kappa shape index (κ2) is 11.1. The smallest absolute Gasteiger partial charge is 0.272 e. The minimum Gasteiger partial charge on any atom is -0.493 e. The van der Waals surface area contributed by atoms with Crippen molar-refractivity contribution >= 4 is 46.5 Å². The lowest BCUT2D eigenvalue weighted by Crippen LogP contribution is -2.30. The Morgan fingerprint density at radius 3 is 2.50 bits per heavy atom. The van der Waals surface area contributed by atoms with Gasteiger partial charge in [-0.2, -0.15) is 0 Å². The minimum atomic E-state index is -0.471. The third-order valence-corrected chi connectivity index (χ3v) is 6.61. The second-order valence-corrected chi connectivity index (χ2v) is 9.18. The highest BCUT2D eigenvalue weighted by molar-refractivity contribution is 7.10. The summed E-state index contributed by atoms with van der Waals surface area (Å²) in [5.74, 6) is 0.0737. The highest BCUT2D eigenvalue weighted by Crippen LogP contribution is 2.29. The lowest BCUT2D eigenvalue weighted by Gasteiger charge is -2.19. The van der Waals surface area contributed by atoms with Gasteiger partial charge in [0, 0.05) is 34.8 Å². The van der Waals surface area contributed by atoms with Gasteiger partial charge < -0.3 is 25.0 Å². The molecule has 4 rings (SSSR count). The van der Waals surface area contributed by atoms with Crippen molar-refractivity contribution in [1.82, 2.24) is 5.32 Å². The van der Waals surface area contributed by atoms with E-state index in [1.807, 2.05) is 36.6 Å². The molecule has 1 aliphatic rings. The molecule has 2 heterocycles. The second-order valence-electron chi connectivity index (χ2n) is 8.20. The molecule has 36 heavy (non-hydrogen) atoms. The zero-order valence-electron chi connectivity index (χ0n) is 20.3. The summed E-state index contributed by atoms with van der Waals surface area (Å²) in [4.78, 5) is 41.0. The number of thiophene rings is 1. The van der Waals surface area contributed by atoms with Crippen LogP contribution in [0.2, 0.25) is 0 Å². The molecule has 9 heteroatoms. The first-order chi connectivity index (χ1) is 17.4. The van der Waals surface area contributed by atoms with Crippen molar-refractivity contribution in [2.45, 2.75) is 19.8 Å². The molecular weight excluding hydrogens is 478 g/mol. The third kappa shape index (κ3) is 5.58. The molecule has 0 radical (unpaired) electrons. The molecule has 2 N–H and O–H groups in total. The van der Waals surface area contributed by atoms with Crippen molar-refractivity contribution < 1.29 is 23.9 Å². The number of nitrogens with one attached hydrogen (secondary N) is 2. The Morgan fingerprint density at radius 1 is 1.06 bits per heavy atom. The van der Waals surface area contributed by atoms with E-state index < -0.39 is 11.8 Å². The van der Waals surface area contributed by atoms with Crippen LogP contribution in [0.15, 0.2) is 59.6 Å². The molecule has 8 nitrogen and oxygen atoms in total. The molecule has 1 aromatic heterocycles. The summed E-state index contributed by atoms with van der Waals surface area (Å²) in [6.07, 6.45) is 3.02. The number of rotatable bonds is 8. The monoisotopic (exact) mass is 505 g/mol. The molecule has 0 atom stereocenters. The Hall–Kier alpha value is -4.11. The van der Waals surface area contributed by atoms with Crippen LogP contribution in [0.25, 0.3) is 6.08 Å². The van der Waals surface area contributed by atoms with Gasteiger partial charge in [-0.1, -0.05) is 6.07 Å². The fourth-order valence-electron chi connectivity index (χ4n) is 3.98. The van der Waals surface area contributed by atoms with E-state index in [0.717, 1.165) is 22.5 Å². The summed E-state index contributed by atoms with van der Waals surface area (Å²) < 4.78 is 10.5. The van der Waals surface area contributed by atoms with E-state index in [2.05, 4.69) is 10.6 Å². The number of anilines is 2. The topological polar surface area (TPSA) is 97.0 Å². The average molecular weight is 506 g/mol. The van der Waals surface area contributed by atoms with Crippen LogP contribution < -0.4 is 25.0 Å². The van der Waals surface area contributed by atoms with Crippen molar-refractivity contribution in [3.63, 3.8) is 0 Å². The first-order valence-electron chi connectivity index (χ1n) is 11.4. The molecule has 186 valence electrons. The highest BCUT2D eigenvalue weighted by atomic mass is 32.1. The summed E-state index contributed by atoms with van der Waals surface area (Å²) in [6, 6.07) is 13.9. The molecular formula is C27H27N3O5S. The fourth-order valence-corrected chi connectivity index (χ4v) is 4.64. The van der Waals surface area contributed by atoms with Crippen LogP contribution >= 0.6 is 11.3 Å². The van der Waals surface area contributed by atoms with Crippen molar-refractivity contribution in [2.24, 2.45) is 0 Å². The molecule has 0 bridgehead atoms. The van der Waals surface area contributed by atoms with Gasteiger partial charge in [-0.05, 0) is 72.8 Å². The van der Waals surface area contributed by atoms with E-state index in [-0.39, 0.29) is 11.6 Å². The molecule has 1 fully saturated rings. The van der Waals surface area contributed by atoms with Crippen LogP contribution in [-0.4, -0.2) is 38.5 Å². The number of carbonyl (C=O) groups excluding carboxylic acids is 3. The number of aryl methyl sites for hydroxylation is 1. The Kier molecular flexibility index (Phi) is 7.70. The minimum absolute atomic E-state index is 0.0914. The maximum absolute atomic E-state index is 13.2. The quantitative estimate of drug-likeness (QED) is 0.436. The van der Waals surface area contributed by atoms with Gasteiger partial charge in [0.15, 0.2) is 11.5 Å². The summed E-state index contributed by atoms with van der Waals surface area (Å²) in [5.41, 5.74) is 2.68. The standard InChI is InChI=1S/C27H27N3O5S/c1-17-14-19(9-10-22(17)30-12-4-7-25(30)31)28-27(33)21(16-20-6-5-13-36-20)29-26(32)18-8-11-23(34-2)24(15-18)35-3/h5-6,8-11,13-16H,4,7,12H2,1-3H3,(H,28,33)(H,29,32)/b21-16-. The van der Waals surface area contributed by atoms with Gasteiger partial charge in [0.2, 0.25) is 5.91 Å². The van der Waals surface area contributed by atoms with Crippen LogP contribution in [-0.2, 0) is 9.59 Å². The van der Waals surface area contributed by atoms with Gasteiger partial charge in [0.05, 0.1) is 14.2 Å². The Balaban J connectivity index is 1.55. The summed E-state index contributed by atoms with van der Waals surface area (Å²) in [7, 11) is 3.00. The van der Waals surface area contributed by atoms with E-state index in [0.29, 0.717) is 35.7 Å². The van der Waals surface area contributed by atoms with Crippen LogP contribution in [0.1, 0.15) is 33.6 Å². The van der Waals surface area contributed by atoms with E-state index in [1.165, 1.54) is 25.6 Å². The predicted octanol–water partition coefficient (Wildman–Crippen LogP) is 4.61. The van der Waals surface area contributed by atoms with Gasteiger partial charge in [0.1, 0.15) is 5.70 Å². The van der Waals surface area contributed by atoms with E-state index in [4.69, 9.17) is 9.47 Å². The maximum atomic E-state index is 13.2.